The fraction of sp³-hybridized carbons (Fsp3) is 0.235. The second-order valence-electron chi connectivity index (χ2n) is 5.88. The minimum absolute atomic E-state index is 0.0891. The van der Waals surface area contributed by atoms with Crippen molar-refractivity contribution in [2.24, 2.45) is 0 Å². The minimum atomic E-state index is -0.677. The van der Waals surface area contributed by atoms with Crippen LogP contribution in [0.4, 0.5) is 5.82 Å². The number of nitrogen functional groups attached to an aromatic ring is 1. The molecule has 0 saturated heterocycles. The summed E-state index contributed by atoms with van der Waals surface area (Å²) in [5, 5.41) is 7.03. The van der Waals surface area contributed by atoms with Crippen molar-refractivity contribution in [3.63, 3.8) is 0 Å². The van der Waals surface area contributed by atoms with Crippen molar-refractivity contribution in [1.29, 1.82) is 0 Å². The van der Waals surface area contributed by atoms with Gasteiger partial charge < -0.3 is 10.6 Å². The van der Waals surface area contributed by atoms with Gasteiger partial charge in [-0.2, -0.15) is 5.10 Å². The predicted molar refractivity (Wildman–Crippen MR) is 92.5 cm³/mol. The highest BCUT2D eigenvalue weighted by Crippen LogP contribution is 2.31. The van der Waals surface area contributed by atoms with E-state index in [1.165, 1.54) is 0 Å². The zero-order valence-electron chi connectivity index (χ0n) is 12.9. The van der Waals surface area contributed by atoms with Crippen LogP contribution in [-0.4, -0.2) is 32.5 Å². The number of anilines is 1. The maximum Gasteiger partial charge on any atom is 0.245 e. The van der Waals surface area contributed by atoms with E-state index < -0.39 is 5.38 Å². The molecule has 1 aliphatic rings. The van der Waals surface area contributed by atoms with E-state index in [4.69, 9.17) is 17.3 Å². The standard InChI is InChI=1S/C17H16ClN5O/c18-14(10-4-2-1-3-5-10)17(24)23-7-6-12-11(9-23)8-20-16-13(12)15(19)21-22-16/h1-5,8,14H,6-7,9H2,(H3,19,20,21,22). The summed E-state index contributed by atoms with van der Waals surface area (Å²) in [6, 6.07) is 9.40. The number of pyridine rings is 1. The first kappa shape index (κ1) is 15.0. The van der Waals surface area contributed by atoms with Crippen molar-refractivity contribution >= 4 is 34.4 Å². The lowest BCUT2D eigenvalue weighted by atomic mass is 9.98. The second kappa shape index (κ2) is 5.79. The van der Waals surface area contributed by atoms with Crippen molar-refractivity contribution in [2.75, 3.05) is 12.3 Å². The SMILES string of the molecule is Nc1n[nH]c2ncc3c(c12)CCN(C(=O)C(Cl)c1ccccc1)C3. The molecule has 1 amide bonds. The quantitative estimate of drug-likeness (QED) is 0.701. The second-order valence-corrected chi connectivity index (χ2v) is 6.31. The number of nitrogens with one attached hydrogen (secondary N) is 1. The van der Waals surface area contributed by atoms with Crippen molar-refractivity contribution in [2.45, 2.75) is 18.3 Å². The number of hydrogen-bond acceptors (Lipinski definition) is 4. The van der Waals surface area contributed by atoms with Gasteiger partial charge in [-0.1, -0.05) is 30.3 Å². The van der Waals surface area contributed by atoms with E-state index in [9.17, 15) is 4.79 Å². The molecule has 1 unspecified atom stereocenters. The molecule has 3 aromatic rings. The summed E-state index contributed by atoms with van der Waals surface area (Å²) < 4.78 is 0. The van der Waals surface area contributed by atoms with Gasteiger partial charge >= 0.3 is 0 Å². The average molecular weight is 342 g/mol. The largest absolute Gasteiger partial charge is 0.382 e. The van der Waals surface area contributed by atoms with Crippen LogP contribution in [0.1, 0.15) is 22.1 Å². The first-order chi connectivity index (χ1) is 11.6. The molecule has 1 aromatic carbocycles. The van der Waals surface area contributed by atoms with Crippen molar-refractivity contribution in [3.05, 3.63) is 53.2 Å². The van der Waals surface area contributed by atoms with Gasteiger partial charge in [-0.05, 0) is 23.1 Å². The number of H-pyrrole nitrogens is 1. The smallest absolute Gasteiger partial charge is 0.245 e. The van der Waals surface area contributed by atoms with Crippen molar-refractivity contribution in [1.82, 2.24) is 20.1 Å². The molecule has 0 radical (unpaired) electrons. The summed E-state index contributed by atoms with van der Waals surface area (Å²) in [7, 11) is 0. The molecule has 24 heavy (non-hydrogen) atoms. The number of fused-ring (bicyclic) bond motifs is 3. The number of benzene rings is 1. The van der Waals surface area contributed by atoms with Crippen LogP contribution in [-0.2, 0) is 17.8 Å². The summed E-state index contributed by atoms with van der Waals surface area (Å²) in [5.74, 6) is 0.363. The summed E-state index contributed by atoms with van der Waals surface area (Å²) in [6.07, 6.45) is 2.49. The van der Waals surface area contributed by atoms with Crippen LogP contribution in [0.3, 0.4) is 0 Å². The number of alkyl halides is 1. The van der Waals surface area contributed by atoms with Crippen molar-refractivity contribution in [3.8, 4) is 0 Å². The molecular formula is C17H16ClN5O. The molecule has 4 rings (SSSR count). The third-order valence-corrected chi connectivity index (χ3v) is 4.87. The van der Waals surface area contributed by atoms with Gasteiger partial charge in [0.15, 0.2) is 11.5 Å². The molecule has 0 bridgehead atoms. The van der Waals surface area contributed by atoms with Crippen LogP contribution >= 0.6 is 11.6 Å². The van der Waals surface area contributed by atoms with E-state index in [2.05, 4.69) is 15.2 Å². The van der Waals surface area contributed by atoms with E-state index in [-0.39, 0.29) is 5.91 Å². The summed E-state index contributed by atoms with van der Waals surface area (Å²) >= 11 is 6.38. The van der Waals surface area contributed by atoms with Gasteiger partial charge in [0, 0.05) is 19.3 Å². The molecule has 7 heteroatoms. The monoisotopic (exact) mass is 341 g/mol. The number of carbonyl (C=O) groups is 1. The van der Waals surface area contributed by atoms with E-state index in [1.54, 1.807) is 11.1 Å². The molecule has 1 aliphatic heterocycles. The summed E-state index contributed by atoms with van der Waals surface area (Å²) in [5.41, 5.74) is 9.53. The molecule has 3 heterocycles. The van der Waals surface area contributed by atoms with Crippen molar-refractivity contribution < 1.29 is 4.79 Å². The molecule has 0 aliphatic carbocycles. The number of aromatic nitrogens is 3. The van der Waals surface area contributed by atoms with Gasteiger partial charge in [0.25, 0.3) is 0 Å². The van der Waals surface area contributed by atoms with Gasteiger partial charge in [-0.15, -0.1) is 11.6 Å². The molecule has 0 saturated carbocycles. The first-order valence-electron chi connectivity index (χ1n) is 7.73. The molecule has 122 valence electrons. The average Bonchev–Trinajstić information content (AvgIpc) is 3.02. The van der Waals surface area contributed by atoms with Gasteiger partial charge in [0.2, 0.25) is 5.91 Å². The Kier molecular flexibility index (Phi) is 3.61. The first-order valence-corrected chi connectivity index (χ1v) is 8.17. The lowest BCUT2D eigenvalue weighted by molar-refractivity contribution is -0.131. The highest BCUT2D eigenvalue weighted by Gasteiger charge is 2.28. The van der Waals surface area contributed by atoms with E-state index in [1.807, 2.05) is 30.3 Å². The number of rotatable bonds is 2. The van der Waals surface area contributed by atoms with Gasteiger partial charge in [0.05, 0.1) is 5.39 Å². The fourth-order valence-corrected chi connectivity index (χ4v) is 3.47. The summed E-state index contributed by atoms with van der Waals surface area (Å²) in [6.45, 7) is 1.09. The highest BCUT2D eigenvalue weighted by atomic mass is 35.5. The van der Waals surface area contributed by atoms with Gasteiger partial charge in [-0.25, -0.2) is 4.98 Å². The fourth-order valence-electron chi connectivity index (χ4n) is 3.18. The molecule has 1 atom stereocenters. The number of nitrogens with two attached hydrogens (primary N) is 1. The Morgan fingerprint density at radius 1 is 1.33 bits per heavy atom. The van der Waals surface area contributed by atoms with Crippen LogP contribution < -0.4 is 5.73 Å². The number of aromatic amines is 1. The van der Waals surface area contributed by atoms with Gasteiger partial charge in [0.1, 0.15) is 5.38 Å². The molecular weight excluding hydrogens is 326 g/mol. The normalized spacial score (nSPS) is 15.3. The topological polar surface area (TPSA) is 87.9 Å². The number of nitrogens with zero attached hydrogens (tertiary/aromatic N) is 3. The van der Waals surface area contributed by atoms with Crippen LogP contribution in [0.25, 0.3) is 11.0 Å². The Morgan fingerprint density at radius 3 is 2.92 bits per heavy atom. The number of hydrogen-bond donors (Lipinski definition) is 2. The van der Waals surface area contributed by atoms with E-state index in [0.717, 1.165) is 22.1 Å². The molecule has 3 N–H and O–H groups in total. The van der Waals surface area contributed by atoms with E-state index >= 15 is 0 Å². The Labute approximate surface area is 143 Å². The maximum atomic E-state index is 12.7. The number of amides is 1. The third kappa shape index (κ3) is 2.39. The zero-order chi connectivity index (χ0) is 16.7. The molecule has 2 aromatic heterocycles. The Bertz CT molecular complexity index is 908. The molecule has 0 fully saturated rings. The summed E-state index contributed by atoms with van der Waals surface area (Å²) in [4.78, 5) is 18.8. The lowest BCUT2D eigenvalue weighted by Crippen LogP contribution is -2.38. The Hall–Kier alpha value is -2.60. The zero-order valence-corrected chi connectivity index (χ0v) is 13.6. The van der Waals surface area contributed by atoms with Crippen LogP contribution in [0.2, 0.25) is 0 Å². The number of halogens is 1. The Morgan fingerprint density at radius 2 is 2.12 bits per heavy atom. The third-order valence-electron chi connectivity index (χ3n) is 4.43. The van der Waals surface area contributed by atoms with Crippen LogP contribution in [0.15, 0.2) is 36.5 Å². The predicted octanol–water partition coefficient (Wildman–Crippen LogP) is 2.40. The lowest BCUT2D eigenvalue weighted by Gasteiger charge is -2.30. The molecule has 0 spiro atoms. The van der Waals surface area contributed by atoms with E-state index in [0.29, 0.717) is 31.0 Å². The highest BCUT2D eigenvalue weighted by molar-refractivity contribution is 6.30. The molecule has 6 nitrogen and oxygen atoms in total. The number of carbonyl (C=O) groups excluding carboxylic acids is 1. The van der Waals surface area contributed by atoms with Gasteiger partial charge in [-0.3, -0.25) is 9.89 Å². The minimum Gasteiger partial charge on any atom is -0.382 e. The van der Waals surface area contributed by atoms with Crippen LogP contribution in [0, 0.1) is 0 Å². The Balaban J connectivity index is 1.61. The maximum absolute atomic E-state index is 12.7. The van der Waals surface area contributed by atoms with Crippen LogP contribution in [0.5, 0.6) is 0 Å².